The molecule has 1 aromatic heterocycles. The molecule has 1 amide bonds. The summed E-state index contributed by atoms with van der Waals surface area (Å²) in [7, 11) is 0. The van der Waals surface area contributed by atoms with E-state index in [9.17, 15) is 4.79 Å². The first-order chi connectivity index (χ1) is 13.1. The Morgan fingerprint density at radius 3 is 2.59 bits per heavy atom. The van der Waals surface area contributed by atoms with Gasteiger partial charge in [0.2, 0.25) is 5.91 Å². The number of aromatic amines is 1. The van der Waals surface area contributed by atoms with E-state index in [-0.39, 0.29) is 5.91 Å². The first kappa shape index (κ1) is 17.9. The average molecular weight is 397 g/mol. The van der Waals surface area contributed by atoms with E-state index in [0.717, 1.165) is 33.5 Å². The van der Waals surface area contributed by atoms with Crippen molar-refractivity contribution in [1.82, 2.24) is 9.88 Å². The lowest BCUT2D eigenvalue weighted by Crippen LogP contribution is -2.33. The molecule has 3 aromatic rings. The molecule has 0 unspecified atom stereocenters. The van der Waals surface area contributed by atoms with E-state index in [2.05, 4.69) is 11.1 Å². The van der Waals surface area contributed by atoms with Crippen LogP contribution in [0.2, 0.25) is 10.0 Å². The van der Waals surface area contributed by atoms with Crippen molar-refractivity contribution < 1.29 is 4.79 Å². The molecular weight excluding hydrogens is 379 g/mol. The molecule has 27 heavy (non-hydrogen) atoms. The molecule has 4 rings (SSSR count). The fourth-order valence-electron chi connectivity index (χ4n) is 3.32. The molecule has 1 aliphatic rings. The third-order valence-electron chi connectivity index (χ3n) is 4.80. The summed E-state index contributed by atoms with van der Waals surface area (Å²) in [5.41, 5.74) is 4.43. The Hall–Kier alpha value is -2.49. The molecule has 2 heterocycles. The van der Waals surface area contributed by atoms with Crippen molar-refractivity contribution in [3.05, 3.63) is 82.0 Å². The van der Waals surface area contributed by atoms with Gasteiger partial charge in [-0.3, -0.25) is 4.79 Å². The summed E-state index contributed by atoms with van der Waals surface area (Å²) in [4.78, 5) is 17.6. The number of halogens is 2. The summed E-state index contributed by atoms with van der Waals surface area (Å²) in [5, 5.41) is 2.53. The fourth-order valence-corrected chi connectivity index (χ4v) is 3.62. The number of rotatable bonds is 3. The minimum atomic E-state index is 0.0159. The fraction of sp³-hybridized carbons (Fsp3) is 0.136. The van der Waals surface area contributed by atoms with E-state index in [0.29, 0.717) is 18.1 Å². The normalized spacial score (nSPS) is 14.7. The quantitative estimate of drug-likeness (QED) is 0.557. The molecule has 2 aromatic carbocycles. The minimum Gasteiger partial charge on any atom is -0.361 e. The summed E-state index contributed by atoms with van der Waals surface area (Å²) >= 11 is 12.0. The van der Waals surface area contributed by atoms with Gasteiger partial charge in [0.15, 0.2) is 0 Å². The Labute approximate surface area is 167 Å². The average Bonchev–Trinajstić information content (AvgIpc) is 3.10. The highest BCUT2D eigenvalue weighted by molar-refractivity contribution is 6.31. The van der Waals surface area contributed by atoms with Crippen molar-refractivity contribution in [2.75, 3.05) is 13.1 Å². The minimum absolute atomic E-state index is 0.0159. The van der Waals surface area contributed by atoms with Gasteiger partial charge in [0.05, 0.1) is 0 Å². The molecule has 136 valence electrons. The van der Waals surface area contributed by atoms with Crippen LogP contribution in [0, 0.1) is 0 Å². The number of hydrogen-bond donors (Lipinski definition) is 1. The highest BCUT2D eigenvalue weighted by Gasteiger charge is 2.18. The van der Waals surface area contributed by atoms with E-state index in [1.54, 1.807) is 6.08 Å². The second-order valence-electron chi connectivity index (χ2n) is 6.54. The van der Waals surface area contributed by atoms with Gasteiger partial charge in [-0.1, -0.05) is 41.4 Å². The predicted molar refractivity (Wildman–Crippen MR) is 113 cm³/mol. The van der Waals surface area contributed by atoms with Gasteiger partial charge in [-0.15, -0.1) is 0 Å². The van der Waals surface area contributed by atoms with Gasteiger partial charge in [0.1, 0.15) is 0 Å². The van der Waals surface area contributed by atoms with Gasteiger partial charge in [0.25, 0.3) is 0 Å². The maximum absolute atomic E-state index is 12.4. The molecule has 0 radical (unpaired) electrons. The molecule has 0 bridgehead atoms. The smallest absolute Gasteiger partial charge is 0.246 e. The zero-order chi connectivity index (χ0) is 18.8. The van der Waals surface area contributed by atoms with Crippen LogP contribution in [0.15, 0.2) is 60.8 Å². The molecule has 0 saturated heterocycles. The SMILES string of the molecule is O=C(/C=C/c1ccc(Cl)cc1)N1CC=C(c2c[nH]c3ccc(Cl)cc23)CC1. The maximum atomic E-state index is 12.4. The highest BCUT2D eigenvalue weighted by Crippen LogP contribution is 2.31. The topological polar surface area (TPSA) is 36.1 Å². The van der Waals surface area contributed by atoms with Gasteiger partial charge in [-0.2, -0.15) is 0 Å². The number of carbonyl (C=O) groups excluding carboxylic acids is 1. The Bertz CT molecular complexity index is 1050. The van der Waals surface area contributed by atoms with Crippen molar-refractivity contribution in [2.24, 2.45) is 0 Å². The lowest BCUT2D eigenvalue weighted by atomic mass is 9.99. The van der Waals surface area contributed by atoms with Gasteiger partial charge >= 0.3 is 0 Å². The van der Waals surface area contributed by atoms with E-state index < -0.39 is 0 Å². The van der Waals surface area contributed by atoms with E-state index >= 15 is 0 Å². The monoisotopic (exact) mass is 396 g/mol. The van der Waals surface area contributed by atoms with E-state index in [4.69, 9.17) is 23.2 Å². The summed E-state index contributed by atoms with van der Waals surface area (Å²) in [5.74, 6) is 0.0159. The first-order valence-electron chi connectivity index (χ1n) is 8.79. The number of H-pyrrole nitrogens is 1. The van der Waals surface area contributed by atoms with Crippen LogP contribution in [-0.4, -0.2) is 28.9 Å². The number of amides is 1. The molecular formula is C22H18Cl2N2O. The molecule has 0 fully saturated rings. The van der Waals surface area contributed by atoms with Crippen LogP contribution in [-0.2, 0) is 4.79 Å². The first-order valence-corrected chi connectivity index (χ1v) is 9.54. The summed E-state index contributed by atoms with van der Waals surface area (Å²) in [6.07, 6.45) is 8.40. The van der Waals surface area contributed by atoms with Crippen molar-refractivity contribution in [1.29, 1.82) is 0 Å². The van der Waals surface area contributed by atoms with Gasteiger partial charge in [0, 0.05) is 51.9 Å². The molecule has 0 aliphatic carbocycles. The number of nitrogens with one attached hydrogen (secondary N) is 1. The molecule has 0 spiro atoms. The number of nitrogens with zero attached hydrogens (tertiary/aromatic N) is 1. The second kappa shape index (κ2) is 7.63. The van der Waals surface area contributed by atoms with Crippen LogP contribution in [0.4, 0.5) is 0 Å². The van der Waals surface area contributed by atoms with Crippen LogP contribution in [0.3, 0.4) is 0 Å². The van der Waals surface area contributed by atoms with Crippen molar-refractivity contribution in [2.45, 2.75) is 6.42 Å². The molecule has 3 nitrogen and oxygen atoms in total. The van der Waals surface area contributed by atoms with E-state index in [1.807, 2.05) is 59.6 Å². The lowest BCUT2D eigenvalue weighted by molar-refractivity contribution is -0.125. The standard InChI is InChI=1S/C22H18Cl2N2O/c23-17-4-1-15(2-5-17)3-8-22(27)26-11-9-16(10-12-26)20-14-25-21-7-6-18(24)13-19(20)21/h1-9,13-14,25H,10-12H2/b8-3+. The predicted octanol–water partition coefficient (Wildman–Crippen LogP) is 5.80. The maximum Gasteiger partial charge on any atom is 0.246 e. The third kappa shape index (κ3) is 3.95. The zero-order valence-corrected chi connectivity index (χ0v) is 16.1. The number of benzene rings is 2. The Balaban J connectivity index is 1.46. The van der Waals surface area contributed by atoms with E-state index in [1.165, 1.54) is 5.57 Å². The molecule has 1 N–H and O–H groups in total. The van der Waals surface area contributed by atoms with Crippen molar-refractivity contribution in [3.8, 4) is 0 Å². The lowest BCUT2D eigenvalue weighted by Gasteiger charge is -2.25. The number of hydrogen-bond acceptors (Lipinski definition) is 1. The summed E-state index contributed by atoms with van der Waals surface area (Å²) < 4.78 is 0. The van der Waals surface area contributed by atoms with Crippen LogP contribution in [0.25, 0.3) is 22.6 Å². The molecule has 1 aliphatic heterocycles. The van der Waals surface area contributed by atoms with Crippen LogP contribution >= 0.6 is 23.2 Å². The zero-order valence-electron chi connectivity index (χ0n) is 14.6. The van der Waals surface area contributed by atoms with Crippen molar-refractivity contribution >= 4 is 51.7 Å². The summed E-state index contributed by atoms with van der Waals surface area (Å²) in [6, 6.07) is 13.3. The molecule has 0 atom stereocenters. The number of aromatic nitrogens is 1. The number of carbonyl (C=O) groups is 1. The largest absolute Gasteiger partial charge is 0.361 e. The summed E-state index contributed by atoms with van der Waals surface area (Å²) in [6.45, 7) is 1.30. The Kier molecular flexibility index (Phi) is 5.06. The van der Waals surface area contributed by atoms with Crippen LogP contribution in [0.5, 0.6) is 0 Å². The Morgan fingerprint density at radius 2 is 1.85 bits per heavy atom. The van der Waals surface area contributed by atoms with Crippen molar-refractivity contribution in [3.63, 3.8) is 0 Å². The molecule has 5 heteroatoms. The third-order valence-corrected chi connectivity index (χ3v) is 5.29. The highest BCUT2D eigenvalue weighted by atomic mass is 35.5. The van der Waals surface area contributed by atoms with Gasteiger partial charge < -0.3 is 9.88 Å². The van der Waals surface area contributed by atoms with Gasteiger partial charge in [-0.25, -0.2) is 0 Å². The second-order valence-corrected chi connectivity index (χ2v) is 7.41. The molecule has 0 saturated carbocycles. The van der Waals surface area contributed by atoms with Gasteiger partial charge in [-0.05, 0) is 54.0 Å². The number of fused-ring (bicyclic) bond motifs is 1. The van der Waals surface area contributed by atoms with Crippen LogP contribution < -0.4 is 0 Å². The Morgan fingerprint density at radius 1 is 1.07 bits per heavy atom. The van der Waals surface area contributed by atoms with Crippen LogP contribution in [0.1, 0.15) is 17.5 Å².